The van der Waals surface area contributed by atoms with E-state index in [1.165, 1.54) is 0 Å². The van der Waals surface area contributed by atoms with Crippen LogP contribution >= 0.6 is 0 Å². The molecule has 1 aromatic heterocycles. The van der Waals surface area contributed by atoms with E-state index in [2.05, 4.69) is 20.2 Å². The Balaban J connectivity index is 1.44. The summed E-state index contributed by atoms with van der Waals surface area (Å²) in [5, 5.41) is 21.8. The van der Waals surface area contributed by atoms with Crippen LogP contribution < -0.4 is 14.8 Å². The summed E-state index contributed by atoms with van der Waals surface area (Å²) in [6.45, 7) is 1.20. The number of carbonyl (C=O) groups is 1. The minimum Gasteiger partial charge on any atom is -0.492 e. The molecule has 34 heavy (non-hydrogen) atoms. The van der Waals surface area contributed by atoms with E-state index < -0.39 is 16.1 Å². The zero-order chi connectivity index (χ0) is 24.7. The fourth-order valence-corrected chi connectivity index (χ4v) is 3.96. The van der Waals surface area contributed by atoms with Crippen LogP contribution in [0.3, 0.4) is 0 Å². The van der Waals surface area contributed by atoms with Crippen LogP contribution in [0.1, 0.15) is 23.8 Å². The summed E-state index contributed by atoms with van der Waals surface area (Å²) in [6.07, 6.45) is 1.26. The van der Waals surface area contributed by atoms with Crippen LogP contribution in [0.2, 0.25) is 0 Å². The van der Waals surface area contributed by atoms with E-state index in [1.54, 1.807) is 43.3 Å². The van der Waals surface area contributed by atoms with Gasteiger partial charge in [-0.1, -0.05) is 12.1 Å². The van der Waals surface area contributed by atoms with Gasteiger partial charge in [0.25, 0.3) is 0 Å². The monoisotopic (exact) mass is 489 g/mol. The zero-order valence-electron chi connectivity index (χ0n) is 19.5. The highest BCUT2D eigenvalue weighted by Gasteiger charge is 2.11. The number of H-pyrrole nitrogens is 1. The van der Waals surface area contributed by atoms with Crippen molar-refractivity contribution >= 4 is 32.5 Å². The molecule has 1 atom stereocenters. The highest BCUT2D eigenvalue weighted by molar-refractivity contribution is 7.92. The second-order valence-electron chi connectivity index (χ2n) is 8.23. The van der Waals surface area contributed by atoms with Crippen molar-refractivity contribution in [2.45, 2.75) is 18.9 Å². The third kappa shape index (κ3) is 7.44. The molecule has 4 N–H and O–H groups in total. The Morgan fingerprint density at radius 2 is 2.03 bits per heavy atom. The van der Waals surface area contributed by atoms with Crippen LogP contribution in [0.4, 0.5) is 5.69 Å². The fourth-order valence-electron chi connectivity index (χ4n) is 3.41. The van der Waals surface area contributed by atoms with E-state index in [9.17, 15) is 18.3 Å². The lowest BCUT2D eigenvalue weighted by molar-refractivity contribution is -0.128. The van der Waals surface area contributed by atoms with Gasteiger partial charge < -0.3 is 20.1 Å². The predicted octanol–water partition coefficient (Wildman–Crippen LogP) is 1.66. The first-order valence-electron chi connectivity index (χ1n) is 10.9. The molecule has 0 radical (unpaired) electrons. The summed E-state index contributed by atoms with van der Waals surface area (Å²) in [5.41, 5.74) is 2.71. The maximum Gasteiger partial charge on any atom is 0.229 e. The van der Waals surface area contributed by atoms with E-state index in [-0.39, 0.29) is 5.91 Å². The van der Waals surface area contributed by atoms with E-state index in [0.717, 1.165) is 22.9 Å². The number of anilines is 1. The number of aromatic amines is 1. The number of hydrogen-bond donors (Lipinski definition) is 4. The van der Waals surface area contributed by atoms with Crippen molar-refractivity contribution in [1.82, 2.24) is 20.4 Å². The molecular weight excluding hydrogens is 458 g/mol. The smallest absolute Gasteiger partial charge is 0.229 e. The van der Waals surface area contributed by atoms with Crippen molar-refractivity contribution < 1.29 is 23.1 Å². The minimum absolute atomic E-state index is 0.0620. The van der Waals surface area contributed by atoms with E-state index in [4.69, 9.17) is 4.74 Å². The van der Waals surface area contributed by atoms with Gasteiger partial charge in [-0.25, -0.2) is 8.42 Å². The molecule has 0 aliphatic heterocycles. The van der Waals surface area contributed by atoms with Crippen molar-refractivity contribution in [3.05, 3.63) is 53.7 Å². The van der Waals surface area contributed by atoms with Crippen LogP contribution in [-0.4, -0.2) is 74.6 Å². The third-order valence-electron chi connectivity index (χ3n) is 5.15. The van der Waals surface area contributed by atoms with Gasteiger partial charge in [0.2, 0.25) is 15.9 Å². The van der Waals surface area contributed by atoms with Gasteiger partial charge in [-0.2, -0.15) is 5.10 Å². The summed E-state index contributed by atoms with van der Waals surface area (Å²) in [7, 11) is 0.0968. The molecule has 0 saturated carbocycles. The Hall–Kier alpha value is -3.15. The number of aliphatic hydroxyl groups is 1. The molecule has 1 heterocycles. The van der Waals surface area contributed by atoms with Crippen molar-refractivity contribution in [2.24, 2.45) is 0 Å². The first-order valence-corrected chi connectivity index (χ1v) is 12.8. The molecule has 0 bridgehead atoms. The second kappa shape index (κ2) is 11.3. The number of aromatic nitrogens is 2. The topological polar surface area (TPSA) is 137 Å². The van der Waals surface area contributed by atoms with E-state index >= 15 is 0 Å². The number of hydrogen-bond acceptors (Lipinski definition) is 7. The Labute approximate surface area is 199 Å². The van der Waals surface area contributed by atoms with Gasteiger partial charge in [0.1, 0.15) is 12.4 Å². The molecule has 0 fully saturated rings. The number of sulfonamides is 1. The molecule has 0 aliphatic rings. The maximum atomic E-state index is 11.8. The molecule has 2 aromatic carbocycles. The van der Waals surface area contributed by atoms with Crippen LogP contribution in [0.15, 0.2) is 42.5 Å². The Kier molecular flexibility index (Phi) is 8.48. The number of aryl methyl sites for hydroxylation is 1. The zero-order valence-corrected chi connectivity index (χ0v) is 20.4. The van der Waals surface area contributed by atoms with Gasteiger partial charge in [0, 0.05) is 57.2 Å². The number of fused-ring (bicyclic) bond motifs is 1. The van der Waals surface area contributed by atoms with Crippen LogP contribution in [0, 0.1) is 0 Å². The van der Waals surface area contributed by atoms with Gasteiger partial charge in [-0.3, -0.25) is 14.6 Å². The summed E-state index contributed by atoms with van der Waals surface area (Å²) in [6, 6.07) is 12.3. The van der Waals surface area contributed by atoms with Crippen molar-refractivity contribution in [3.63, 3.8) is 0 Å². The van der Waals surface area contributed by atoms with Crippen molar-refractivity contribution in [3.8, 4) is 5.75 Å². The lowest BCUT2D eigenvalue weighted by Crippen LogP contribution is -2.26. The van der Waals surface area contributed by atoms with Gasteiger partial charge in [0.05, 0.1) is 23.6 Å². The van der Waals surface area contributed by atoms with Crippen molar-refractivity contribution in [1.29, 1.82) is 0 Å². The number of nitrogens with one attached hydrogen (secondary N) is 3. The number of carbonyl (C=O) groups excluding carboxylic acids is 1. The first kappa shape index (κ1) is 25.5. The molecule has 0 unspecified atom stereocenters. The quantitative estimate of drug-likeness (QED) is 0.284. The van der Waals surface area contributed by atoms with E-state index in [0.29, 0.717) is 49.5 Å². The number of ether oxygens (including phenoxy) is 1. The van der Waals surface area contributed by atoms with Crippen LogP contribution in [0.5, 0.6) is 5.75 Å². The van der Waals surface area contributed by atoms with Gasteiger partial charge in [0.15, 0.2) is 0 Å². The van der Waals surface area contributed by atoms with E-state index in [1.807, 2.05) is 18.2 Å². The Morgan fingerprint density at radius 1 is 1.24 bits per heavy atom. The summed E-state index contributed by atoms with van der Waals surface area (Å²) < 4.78 is 30.9. The fraction of sp³-hybridized carbons (Fsp3) is 0.391. The molecule has 1 amide bonds. The number of rotatable bonds is 12. The summed E-state index contributed by atoms with van der Waals surface area (Å²) in [4.78, 5) is 13.4. The minimum atomic E-state index is -3.38. The molecule has 3 aromatic rings. The number of amides is 1. The molecule has 10 nitrogen and oxygen atoms in total. The third-order valence-corrected chi connectivity index (χ3v) is 5.75. The SMILES string of the molecule is CN(C)C(=O)CCc1n[nH]c2cc(OCCNC[C@H](O)c3cccc(NS(C)(=O)=O)c3)ccc12. The predicted molar refractivity (Wildman–Crippen MR) is 131 cm³/mol. The lowest BCUT2D eigenvalue weighted by atomic mass is 10.1. The highest BCUT2D eigenvalue weighted by Crippen LogP contribution is 2.23. The summed E-state index contributed by atoms with van der Waals surface area (Å²) in [5.74, 6) is 0.751. The number of benzene rings is 2. The molecule has 3 rings (SSSR count). The molecule has 11 heteroatoms. The normalized spacial score (nSPS) is 12.5. The average Bonchev–Trinajstić information content (AvgIpc) is 3.18. The van der Waals surface area contributed by atoms with Gasteiger partial charge in [-0.15, -0.1) is 0 Å². The highest BCUT2D eigenvalue weighted by atomic mass is 32.2. The van der Waals surface area contributed by atoms with Gasteiger partial charge >= 0.3 is 0 Å². The molecule has 0 aliphatic carbocycles. The van der Waals surface area contributed by atoms with Crippen LogP contribution in [-0.2, 0) is 21.2 Å². The largest absolute Gasteiger partial charge is 0.492 e. The standard InChI is InChI=1S/C23H31N5O5S/c1-28(2)23(30)10-9-20-19-8-7-18(14-21(19)26-25-20)33-12-11-24-15-22(29)16-5-4-6-17(13-16)27-34(3,31)32/h4-8,13-14,22,24,27,29H,9-12,15H2,1-3H3,(H,25,26)/t22-/m0/s1. The Bertz CT molecular complexity index is 1230. The van der Waals surface area contributed by atoms with Gasteiger partial charge in [-0.05, 0) is 29.8 Å². The maximum absolute atomic E-state index is 11.8. The molecule has 0 spiro atoms. The number of nitrogens with zero attached hydrogens (tertiary/aromatic N) is 2. The number of aliphatic hydroxyl groups excluding tert-OH is 1. The average molecular weight is 490 g/mol. The second-order valence-corrected chi connectivity index (χ2v) is 9.98. The molecule has 184 valence electrons. The lowest BCUT2D eigenvalue weighted by Gasteiger charge is -2.14. The molecule has 0 saturated heterocycles. The van der Waals surface area contributed by atoms with Crippen LogP contribution in [0.25, 0.3) is 10.9 Å². The Morgan fingerprint density at radius 3 is 2.76 bits per heavy atom. The molecular formula is C23H31N5O5S. The van der Waals surface area contributed by atoms with Crippen molar-refractivity contribution in [2.75, 3.05) is 44.8 Å². The first-order chi connectivity index (χ1) is 16.1. The summed E-state index contributed by atoms with van der Waals surface area (Å²) >= 11 is 0.